The second kappa shape index (κ2) is 4.30. The van der Waals surface area contributed by atoms with Crippen molar-refractivity contribution >= 4 is 11.6 Å². The maximum absolute atomic E-state index is 12.9. The van der Waals surface area contributed by atoms with Crippen LogP contribution in [0.5, 0.6) is 0 Å². The summed E-state index contributed by atoms with van der Waals surface area (Å²) in [5, 5.41) is 16.3. The number of nitrogens with zero attached hydrogens (tertiary/aromatic N) is 5. The molecule has 3 rings (SSSR count). The van der Waals surface area contributed by atoms with E-state index in [0.717, 1.165) is 10.8 Å². The first kappa shape index (κ1) is 13.1. The summed E-state index contributed by atoms with van der Waals surface area (Å²) in [4.78, 5) is 14.9. The van der Waals surface area contributed by atoms with E-state index in [9.17, 15) is 18.0 Å². The predicted octanol–water partition coefficient (Wildman–Crippen LogP) is 1.63. The molecule has 0 unspecified atom stereocenters. The molecule has 0 spiro atoms. The first-order valence-electron chi connectivity index (χ1n) is 5.55. The molecule has 0 aliphatic carbocycles. The standard InChI is InChI=1S/C11H6F3N5O2/c12-11(13,14)7-4-19(3-6(7)10(20)21)8-9-17-16-5-18(9)2-1-15-8/h1-5H,(H,20,21). The fraction of sp³-hybridized carbons (Fsp3) is 0.0909. The first-order chi connectivity index (χ1) is 9.88. The average Bonchev–Trinajstić information content (AvgIpc) is 3.04. The molecule has 0 saturated heterocycles. The highest BCUT2D eigenvalue weighted by Crippen LogP contribution is 2.33. The van der Waals surface area contributed by atoms with Crippen molar-refractivity contribution in [3.05, 3.63) is 42.2 Å². The fourth-order valence-corrected chi connectivity index (χ4v) is 1.90. The van der Waals surface area contributed by atoms with Crippen molar-refractivity contribution in [1.29, 1.82) is 0 Å². The molecule has 3 heterocycles. The number of aromatic carboxylic acids is 1. The number of fused-ring (bicyclic) bond motifs is 1. The molecule has 10 heteroatoms. The third-order valence-electron chi connectivity index (χ3n) is 2.80. The smallest absolute Gasteiger partial charge is 0.418 e. The monoisotopic (exact) mass is 297 g/mol. The summed E-state index contributed by atoms with van der Waals surface area (Å²) in [6.45, 7) is 0. The van der Waals surface area contributed by atoms with Crippen LogP contribution in [0.4, 0.5) is 13.2 Å². The van der Waals surface area contributed by atoms with Gasteiger partial charge in [0.1, 0.15) is 6.33 Å². The van der Waals surface area contributed by atoms with Crippen LogP contribution in [-0.4, -0.2) is 35.2 Å². The van der Waals surface area contributed by atoms with Gasteiger partial charge in [-0.05, 0) is 0 Å². The van der Waals surface area contributed by atoms with E-state index in [-0.39, 0.29) is 11.5 Å². The van der Waals surface area contributed by atoms with E-state index in [1.165, 1.54) is 23.1 Å². The Balaban J connectivity index is 2.24. The van der Waals surface area contributed by atoms with Gasteiger partial charge in [0.2, 0.25) is 5.65 Å². The minimum absolute atomic E-state index is 0.0491. The zero-order valence-corrected chi connectivity index (χ0v) is 10.1. The van der Waals surface area contributed by atoms with E-state index in [1.807, 2.05) is 0 Å². The van der Waals surface area contributed by atoms with E-state index >= 15 is 0 Å². The van der Waals surface area contributed by atoms with Gasteiger partial charge in [0, 0.05) is 24.8 Å². The molecule has 0 aliphatic rings. The third kappa shape index (κ3) is 2.10. The largest absolute Gasteiger partial charge is 0.478 e. The summed E-state index contributed by atoms with van der Waals surface area (Å²) in [6.07, 6.45) is 0.956. The van der Waals surface area contributed by atoms with Crippen LogP contribution in [0.15, 0.2) is 31.1 Å². The highest BCUT2D eigenvalue weighted by molar-refractivity contribution is 5.89. The average molecular weight is 297 g/mol. The Morgan fingerprint density at radius 1 is 1.29 bits per heavy atom. The molecule has 108 valence electrons. The lowest BCUT2D eigenvalue weighted by Gasteiger charge is -2.04. The minimum Gasteiger partial charge on any atom is -0.478 e. The molecule has 0 aromatic carbocycles. The highest BCUT2D eigenvalue weighted by Gasteiger charge is 2.37. The van der Waals surface area contributed by atoms with Gasteiger partial charge in [-0.3, -0.25) is 4.40 Å². The topological polar surface area (TPSA) is 85.3 Å². The van der Waals surface area contributed by atoms with Crippen LogP contribution in [0.3, 0.4) is 0 Å². The first-order valence-corrected chi connectivity index (χ1v) is 5.55. The number of rotatable bonds is 2. The van der Waals surface area contributed by atoms with E-state index in [1.54, 1.807) is 0 Å². The highest BCUT2D eigenvalue weighted by atomic mass is 19.4. The molecule has 0 atom stereocenters. The number of carboxylic acid groups (broad SMARTS) is 1. The zero-order valence-electron chi connectivity index (χ0n) is 10.1. The Labute approximate surface area is 114 Å². The second-order valence-electron chi connectivity index (χ2n) is 4.11. The van der Waals surface area contributed by atoms with E-state index in [2.05, 4.69) is 15.2 Å². The zero-order chi connectivity index (χ0) is 15.2. The maximum Gasteiger partial charge on any atom is 0.418 e. The van der Waals surface area contributed by atoms with E-state index in [4.69, 9.17) is 5.11 Å². The molecule has 3 aromatic heterocycles. The minimum atomic E-state index is -4.78. The third-order valence-corrected chi connectivity index (χ3v) is 2.80. The molecule has 3 aromatic rings. The molecule has 0 bridgehead atoms. The number of halogens is 3. The fourth-order valence-electron chi connectivity index (χ4n) is 1.90. The Morgan fingerprint density at radius 2 is 2.05 bits per heavy atom. The van der Waals surface area contributed by atoms with Crippen molar-refractivity contribution < 1.29 is 23.1 Å². The molecular formula is C11H6F3N5O2. The van der Waals surface area contributed by atoms with Crippen LogP contribution in [0.2, 0.25) is 0 Å². The maximum atomic E-state index is 12.9. The van der Waals surface area contributed by atoms with Gasteiger partial charge in [0.05, 0.1) is 11.1 Å². The number of hydrogen-bond donors (Lipinski definition) is 1. The van der Waals surface area contributed by atoms with Crippen LogP contribution >= 0.6 is 0 Å². The van der Waals surface area contributed by atoms with Gasteiger partial charge in [-0.15, -0.1) is 10.2 Å². The lowest BCUT2D eigenvalue weighted by Crippen LogP contribution is -2.09. The number of alkyl halides is 3. The van der Waals surface area contributed by atoms with Gasteiger partial charge in [-0.25, -0.2) is 9.78 Å². The SMILES string of the molecule is O=C(O)c1cn(-c2nccn3cnnc23)cc1C(F)(F)F. The van der Waals surface area contributed by atoms with Crippen LogP contribution in [-0.2, 0) is 6.18 Å². The van der Waals surface area contributed by atoms with Crippen LogP contribution in [0, 0.1) is 0 Å². The summed E-state index contributed by atoms with van der Waals surface area (Å²) in [5.74, 6) is -1.62. The summed E-state index contributed by atoms with van der Waals surface area (Å²) in [6, 6.07) is 0. The van der Waals surface area contributed by atoms with E-state index in [0.29, 0.717) is 6.20 Å². The van der Waals surface area contributed by atoms with Gasteiger partial charge < -0.3 is 9.67 Å². The lowest BCUT2D eigenvalue weighted by molar-refractivity contribution is -0.138. The van der Waals surface area contributed by atoms with Crippen molar-refractivity contribution in [1.82, 2.24) is 24.1 Å². The lowest BCUT2D eigenvalue weighted by atomic mass is 10.2. The number of hydrogen-bond acceptors (Lipinski definition) is 4. The molecule has 1 N–H and O–H groups in total. The van der Waals surface area contributed by atoms with Crippen LogP contribution < -0.4 is 0 Å². The summed E-state index contributed by atoms with van der Waals surface area (Å²) >= 11 is 0. The van der Waals surface area contributed by atoms with Crippen molar-refractivity contribution in [3.8, 4) is 5.82 Å². The van der Waals surface area contributed by atoms with Crippen LogP contribution in [0.1, 0.15) is 15.9 Å². The Kier molecular flexibility index (Phi) is 2.68. The Bertz CT molecular complexity index is 836. The molecule has 21 heavy (non-hydrogen) atoms. The molecule has 7 nitrogen and oxygen atoms in total. The summed E-state index contributed by atoms with van der Waals surface area (Å²) < 4.78 is 41.0. The van der Waals surface area contributed by atoms with Gasteiger partial charge in [-0.2, -0.15) is 13.2 Å². The van der Waals surface area contributed by atoms with Crippen LogP contribution in [0.25, 0.3) is 11.5 Å². The second-order valence-corrected chi connectivity index (χ2v) is 4.11. The van der Waals surface area contributed by atoms with Crippen molar-refractivity contribution in [2.75, 3.05) is 0 Å². The Hall–Kier alpha value is -2.91. The van der Waals surface area contributed by atoms with Crippen molar-refractivity contribution in [3.63, 3.8) is 0 Å². The van der Waals surface area contributed by atoms with Gasteiger partial charge >= 0.3 is 12.1 Å². The van der Waals surface area contributed by atoms with Crippen molar-refractivity contribution in [2.24, 2.45) is 0 Å². The molecular weight excluding hydrogens is 291 g/mol. The summed E-state index contributed by atoms with van der Waals surface area (Å²) in [5.41, 5.74) is -1.90. The van der Waals surface area contributed by atoms with E-state index < -0.39 is 23.3 Å². The quantitative estimate of drug-likeness (QED) is 0.777. The summed E-state index contributed by atoms with van der Waals surface area (Å²) in [7, 11) is 0. The predicted molar refractivity (Wildman–Crippen MR) is 62.1 cm³/mol. The van der Waals surface area contributed by atoms with Gasteiger partial charge in [0.15, 0.2) is 5.82 Å². The van der Waals surface area contributed by atoms with Gasteiger partial charge in [-0.1, -0.05) is 0 Å². The Morgan fingerprint density at radius 3 is 2.67 bits per heavy atom. The van der Waals surface area contributed by atoms with Gasteiger partial charge in [0.25, 0.3) is 0 Å². The molecule has 0 saturated carbocycles. The molecule has 0 amide bonds. The van der Waals surface area contributed by atoms with Crippen molar-refractivity contribution in [2.45, 2.75) is 6.18 Å². The molecule has 0 aliphatic heterocycles. The number of carboxylic acids is 1. The normalized spacial score (nSPS) is 12.0. The molecule has 0 radical (unpaired) electrons. The molecule has 0 fully saturated rings. The number of carbonyl (C=O) groups is 1. The number of aromatic nitrogens is 5.